The number of rotatable bonds is 6. The highest BCUT2D eigenvalue weighted by Gasteiger charge is 2.21. The third-order valence-corrected chi connectivity index (χ3v) is 4.75. The molecule has 128 valence electrons. The van der Waals surface area contributed by atoms with E-state index in [0.717, 1.165) is 11.3 Å². The highest BCUT2D eigenvalue weighted by Crippen LogP contribution is 2.29. The first-order chi connectivity index (χ1) is 12.1. The number of aryl methyl sites for hydroxylation is 1. The van der Waals surface area contributed by atoms with Crippen LogP contribution in [0, 0.1) is 6.92 Å². The lowest BCUT2D eigenvalue weighted by Gasteiger charge is -2.12. The Morgan fingerprint density at radius 2 is 1.96 bits per heavy atom. The topological polar surface area (TPSA) is 69.9 Å². The molecule has 0 spiro atoms. The van der Waals surface area contributed by atoms with Gasteiger partial charge in [0.25, 0.3) is 0 Å². The molecule has 0 radical (unpaired) electrons. The molecule has 1 aromatic heterocycles. The first kappa shape index (κ1) is 17.2. The van der Waals surface area contributed by atoms with Crippen LogP contribution in [0.5, 0.6) is 5.75 Å². The van der Waals surface area contributed by atoms with E-state index < -0.39 is 0 Å². The fraction of sp³-hybridized carbons (Fsp3) is 0.222. The third kappa shape index (κ3) is 3.71. The van der Waals surface area contributed by atoms with Crippen molar-refractivity contribution in [1.82, 2.24) is 20.2 Å². The lowest BCUT2D eigenvalue weighted by Crippen LogP contribution is -2.14. The van der Waals surface area contributed by atoms with E-state index in [1.54, 1.807) is 11.8 Å². The molecule has 0 aliphatic heterocycles. The molecule has 0 bridgehead atoms. The van der Waals surface area contributed by atoms with Gasteiger partial charge in [0.1, 0.15) is 11.4 Å². The van der Waals surface area contributed by atoms with Gasteiger partial charge in [-0.05, 0) is 42.0 Å². The van der Waals surface area contributed by atoms with Crippen molar-refractivity contribution < 1.29 is 9.53 Å². The highest BCUT2D eigenvalue weighted by molar-refractivity contribution is 8.00. The average molecular weight is 354 g/mol. The van der Waals surface area contributed by atoms with Crippen molar-refractivity contribution in [2.75, 3.05) is 7.11 Å². The van der Waals surface area contributed by atoms with E-state index in [1.165, 1.54) is 11.8 Å². The number of carbonyl (C=O) groups excluding carboxylic acids is 1. The zero-order chi connectivity index (χ0) is 17.8. The van der Waals surface area contributed by atoms with Crippen LogP contribution in [0.1, 0.15) is 22.8 Å². The standard InChI is InChI=1S/C18H18N4O2S/c1-12-9-10-16(24-3)15(11-12)22-18(19-20-21-22)25-13(2)17(23)14-7-5-4-6-8-14/h4-11,13H,1-3H3/t13-/m1/s1. The van der Waals surface area contributed by atoms with E-state index in [9.17, 15) is 4.79 Å². The molecule has 0 unspecified atom stereocenters. The molecular formula is C18H18N4O2S. The fourth-order valence-electron chi connectivity index (χ4n) is 2.42. The maximum absolute atomic E-state index is 12.6. The normalized spacial score (nSPS) is 12.0. The van der Waals surface area contributed by atoms with Gasteiger partial charge < -0.3 is 4.74 Å². The number of hydrogen-bond acceptors (Lipinski definition) is 6. The summed E-state index contributed by atoms with van der Waals surface area (Å²) in [6.45, 7) is 3.84. The van der Waals surface area contributed by atoms with Crippen LogP contribution in [-0.2, 0) is 0 Å². The van der Waals surface area contributed by atoms with Crippen molar-refractivity contribution in [3.05, 3.63) is 59.7 Å². The van der Waals surface area contributed by atoms with Crippen LogP contribution in [0.15, 0.2) is 53.7 Å². The number of thioether (sulfide) groups is 1. The molecular weight excluding hydrogens is 336 g/mol. The molecule has 6 nitrogen and oxygen atoms in total. The molecule has 25 heavy (non-hydrogen) atoms. The molecule has 0 aliphatic rings. The summed E-state index contributed by atoms with van der Waals surface area (Å²) >= 11 is 1.32. The quantitative estimate of drug-likeness (QED) is 0.499. The van der Waals surface area contributed by atoms with Crippen molar-refractivity contribution in [3.8, 4) is 11.4 Å². The Hall–Kier alpha value is -2.67. The van der Waals surface area contributed by atoms with E-state index in [-0.39, 0.29) is 11.0 Å². The second-order valence-electron chi connectivity index (χ2n) is 5.54. The van der Waals surface area contributed by atoms with Gasteiger partial charge in [0.15, 0.2) is 5.78 Å². The Labute approximate surface area is 150 Å². The number of ether oxygens (including phenoxy) is 1. The molecule has 0 N–H and O–H groups in total. The summed E-state index contributed by atoms with van der Waals surface area (Å²) in [4.78, 5) is 12.6. The summed E-state index contributed by atoms with van der Waals surface area (Å²) in [6.07, 6.45) is 0. The van der Waals surface area contributed by atoms with Crippen LogP contribution in [0.2, 0.25) is 0 Å². The zero-order valence-corrected chi connectivity index (χ0v) is 15.0. The number of nitrogens with zero attached hydrogens (tertiary/aromatic N) is 4. The maximum atomic E-state index is 12.6. The van der Waals surface area contributed by atoms with Gasteiger partial charge in [0.2, 0.25) is 5.16 Å². The lowest BCUT2D eigenvalue weighted by atomic mass is 10.1. The van der Waals surface area contributed by atoms with Crippen molar-refractivity contribution in [1.29, 1.82) is 0 Å². The van der Waals surface area contributed by atoms with Gasteiger partial charge in [0.05, 0.1) is 12.4 Å². The minimum atomic E-state index is -0.317. The molecule has 3 aromatic rings. The number of ketones is 1. The Bertz CT molecular complexity index is 880. The number of hydrogen-bond donors (Lipinski definition) is 0. The van der Waals surface area contributed by atoms with Crippen molar-refractivity contribution >= 4 is 17.5 Å². The molecule has 2 aromatic carbocycles. The molecule has 7 heteroatoms. The Kier molecular flexibility index (Phi) is 5.14. The largest absolute Gasteiger partial charge is 0.494 e. The number of methoxy groups -OCH3 is 1. The Morgan fingerprint density at radius 1 is 1.20 bits per heavy atom. The predicted octanol–water partition coefficient (Wildman–Crippen LogP) is 3.34. The molecule has 0 saturated carbocycles. The SMILES string of the molecule is COc1ccc(C)cc1-n1nnnc1S[C@H](C)C(=O)c1ccccc1. The van der Waals surface area contributed by atoms with Crippen LogP contribution in [0.4, 0.5) is 0 Å². The van der Waals surface area contributed by atoms with Gasteiger partial charge >= 0.3 is 0 Å². The summed E-state index contributed by atoms with van der Waals surface area (Å²) in [5.41, 5.74) is 2.49. The Morgan fingerprint density at radius 3 is 2.68 bits per heavy atom. The highest BCUT2D eigenvalue weighted by atomic mass is 32.2. The molecule has 3 rings (SSSR count). The van der Waals surface area contributed by atoms with Gasteiger partial charge in [-0.15, -0.1) is 5.10 Å². The summed E-state index contributed by atoms with van der Waals surface area (Å²) in [6, 6.07) is 15.0. The van der Waals surface area contributed by atoms with Crippen LogP contribution in [0.3, 0.4) is 0 Å². The smallest absolute Gasteiger partial charge is 0.214 e. The van der Waals surface area contributed by atoms with Crippen LogP contribution < -0.4 is 4.74 Å². The summed E-state index contributed by atoms with van der Waals surface area (Å²) in [7, 11) is 1.60. The molecule has 0 fully saturated rings. The van der Waals surface area contributed by atoms with E-state index in [2.05, 4.69) is 15.5 Å². The lowest BCUT2D eigenvalue weighted by molar-refractivity contribution is 0.0994. The molecule has 1 atom stereocenters. The summed E-state index contributed by atoms with van der Waals surface area (Å²) < 4.78 is 7.01. The first-order valence-corrected chi connectivity index (χ1v) is 8.67. The van der Waals surface area contributed by atoms with E-state index in [0.29, 0.717) is 16.5 Å². The summed E-state index contributed by atoms with van der Waals surface area (Å²) in [5.74, 6) is 0.707. The van der Waals surface area contributed by atoms with Crippen molar-refractivity contribution in [2.24, 2.45) is 0 Å². The molecule has 0 amide bonds. The third-order valence-electron chi connectivity index (χ3n) is 3.71. The van der Waals surface area contributed by atoms with Gasteiger partial charge in [-0.3, -0.25) is 4.79 Å². The zero-order valence-electron chi connectivity index (χ0n) is 14.2. The van der Waals surface area contributed by atoms with E-state index in [1.807, 2.05) is 62.4 Å². The second kappa shape index (κ2) is 7.48. The van der Waals surface area contributed by atoms with Crippen molar-refractivity contribution in [2.45, 2.75) is 24.3 Å². The van der Waals surface area contributed by atoms with Crippen molar-refractivity contribution in [3.63, 3.8) is 0 Å². The number of carbonyl (C=O) groups is 1. The first-order valence-electron chi connectivity index (χ1n) is 7.79. The number of aromatic nitrogens is 4. The van der Waals surface area contributed by atoms with E-state index in [4.69, 9.17) is 4.74 Å². The van der Waals surface area contributed by atoms with Gasteiger partial charge in [-0.1, -0.05) is 48.2 Å². The number of benzene rings is 2. The Balaban J connectivity index is 1.88. The van der Waals surface area contributed by atoms with Crippen LogP contribution in [-0.4, -0.2) is 38.4 Å². The minimum Gasteiger partial charge on any atom is -0.494 e. The maximum Gasteiger partial charge on any atom is 0.214 e. The van der Waals surface area contributed by atoms with Gasteiger partial charge in [0, 0.05) is 5.56 Å². The van der Waals surface area contributed by atoms with Gasteiger partial charge in [-0.2, -0.15) is 4.68 Å². The predicted molar refractivity (Wildman–Crippen MR) is 96.5 cm³/mol. The van der Waals surface area contributed by atoms with Crippen LogP contribution >= 0.6 is 11.8 Å². The molecule has 1 heterocycles. The number of Topliss-reactive ketones (excluding diaryl/α,β-unsaturated/α-hetero) is 1. The van der Waals surface area contributed by atoms with Gasteiger partial charge in [-0.25, -0.2) is 0 Å². The number of tetrazole rings is 1. The molecule has 0 saturated heterocycles. The summed E-state index contributed by atoms with van der Waals surface area (Å²) in [5, 5.41) is 12.1. The molecule has 0 aliphatic carbocycles. The second-order valence-corrected chi connectivity index (χ2v) is 6.85. The van der Waals surface area contributed by atoms with E-state index >= 15 is 0 Å². The van der Waals surface area contributed by atoms with Crippen LogP contribution in [0.25, 0.3) is 5.69 Å². The minimum absolute atomic E-state index is 0.0383. The average Bonchev–Trinajstić information content (AvgIpc) is 3.09. The fourth-order valence-corrected chi connectivity index (χ4v) is 3.30. The monoisotopic (exact) mass is 354 g/mol.